The van der Waals surface area contributed by atoms with Gasteiger partial charge in [0.2, 0.25) is 0 Å². The van der Waals surface area contributed by atoms with Crippen molar-refractivity contribution in [2.24, 2.45) is 0 Å². The molecule has 2 rings (SSSR count). The fraction of sp³-hybridized carbons (Fsp3) is 0.0714. The van der Waals surface area contributed by atoms with Crippen molar-refractivity contribution >= 4 is 39.0 Å². The number of Topliss-reactive ketones (excluding diaryl/α,β-unsaturated/α-hetero) is 1. The lowest BCUT2D eigenvalue weighted by atomic mass is 10.0. The molecule has 0 aliphatic carbocycles. The van der Waals surface area contributed by atoms with E-state index in [2.05, 4.69) is 15.9 Å². The van der Waals surface area contributed by atoms with E-state index in [9.17, 15) is 9.18 Å². The standard InChI is InChI=1S/C14H10BrClFNO/c15-9-2-4-11(13(18)6-9)14(19)5-8-1-3-10(16)7-12(8)17/h1-4,6-7H,5,18H2. The van der Waals surface area contributed by atoms with Crippen LogP contribution in [0, 0.1) is 5.82 Å². The fourth-order valence-electron chi connectivity index (χ4n) is 1.72. The van der Waals surface area contributed by atoms with Crippen LogP contribution < -0.4 is 5.73 Å². The minimum atomic E-state index is -0.489. The van der Waals surface area contributed by atoms with Gasteiger partial charge in [-0.1, -0.05) is 33.6 Å². The van der Waals surface area contributed by atoms with Gasteiger partial charge in [0.05, 0.1) is 0 Å². The summed E-state index contributed by atoms with van der Waals surface area (Å²) in [7, 11) is 0. The summed E-state index contributed by atoms with van der Waals surface area (Å²) in [6.07, 6.45) is -0.0468. The van der Waals surface area contributed by atoms with Gasteiger partial charge in [-0.15, -0.1) is 0 Å². The maximum atomic E-state index is 13.6. The lowest BCUT2D eigenvalue weighted by molar-refractivity contribution is 0.0992. The first kappa shape index (κ1) is 14.0. The Bertz CT molecular complexity index is 645. The number of halogens is 3. The predicted octanol–water partition coefficient (Wildman–Crippen LogP) is 4.25. The van der Waals surface area contributed by atoms with E-state index in [-0.39, 0.29) is 12.2 Å². The number of carbonyl (C=O) groups is 1. The van der Waals surface area contributed by atoms with Crippen molar-refractivity contribution < 1.29 is 9.18 Å². The summed E-state index contributed by atoms with van der Waals surface area (Å²) in [5.41, 5.74) is 6.83. The van der Waals surface area contributed by atoms with E-state index in [1.54, 1.807) is 24.3 Å². The van der Waals surface area contributed by atoms with Crippen LogP contribution in [0.15, 0.2) is 40.9 Å². The molecule has 0 radical (unpaired) electrons. The first-order chi connectivity index (χ1) is 8.97. The van der Waals surface area contributed by atoms with E-state index in [0.29, 0.717) is 21.8 Å². The fourth-order valence-corrected chi connectivity index (χ4v) is 2.26. The Morgan fingerprint density at radius 2 is 2.00 bits per heavy atom. The van der Waals surface area contributed by atoms with E-state index in [1.165, 1.54) is 12.1 Å². The molecule has 0 atom stereocenters. The lowest BCUT2D eigenvalue weighted by Gasteiger charge is -2.06. The van der Waals surface area contributed by atoms with Gasteiger partial charge in [-0.3, -0.25) is 4.79 Å². The Morgan fingerprint density at radius 1 is 1.26 bits per heavy atom. The zero-order valence-electron chi connectivity index (χ0n) is 9.79. The molecule has 0 spiro atoms. The number of anilines is 1. The van der Waals surface area contributed by atoms with Crippen LogP contribution in [-0.2, 0) is 6.42 Å². The molecular weight excluding hydrogens is 333 g/mol. The van der Waals surface area contributed by atoms with Crippen LogP contribution in [0.25, 0.3) is 0 Å². The van der Waals surface area contributed by atoms with Gasteiger partial charge in [0.15, 0.2) is 5.78 Å². The zero-order chi connectivity index (χ0) is 14.0. The van der Waals surface area contributed by atoms with Crippen LogP contribution in [0.1, 0.15) is 15.9 Å². The van der Waals surface area contributed by atoms with Crippen LogP contribution in [-0.4, -0.2) is 5.78 Å². The molecule has 0 saturated carbocycles. The summed E-state index contributed by atoms with van der Waals surface area (Å²) in [4.78, 5) is 12.1. The van der Waals surface area contributed by atoms with E-state index in [0.717, 1.165) is 4.47 Å². The van der Waals surface area contributed by atoms with Gasteiger partial charge in [-0.25, -0.2) is 4.39 Å². The summed E-state index contributed by atoms with van der Waals surface area (Å²) in [5, 5.41) is 0.303. The molecule has 0 aliphatic rings. The van der Waals surface area contributed by atoms with Crippen molar-refractivity contribution in [3.05, 3.63) is 62.8 Å². The maximum absolute atomic E-state index is 13.6. The molecule has 0 bridgehead atoms. The molecule has 2 nitrogen and oxygen atoms in total. The first-order valence-electron chi connectivity index (χ1n) is 5.49. The zero-order valence-corrected chi connectivity index (χ0v) is 12.1. The topological polar surface area (TPSA) is 43.1 Å². The quantitative estimate of drug-likeness (QED) is 0.669. The minimum Gasteiger partial charge on any atom is -0.398 e. The summed E-state index contributed by atoms with van der Waals surface area (Å²) in [6.45, 7) is 0. The van der Waals surface area contributed by atoms with Crippen molar-refractivity contribution in [2.45, 2.75) is 6.42 Å². The van der Waals surface area contributed by atoms with Crippen molar-refractivity contribution in [3.63, 3.8) is 0 Å². The molecule has 0 aromatic heterocycles. The highest BCUT2D eigenvalue weighted by molar-refractivity contribution is 9.10. The highest BCUT2D eigenvalue weighted by Gasteiger charge is 2.13. The SMILES string of the molecule is Nc1cc(Br)ccc1C(=O)Cc1ccc(Cl)cc1F. The van der Waals surface area contributed by atoms with Crippen LogP contribution >= 0.6 is 27.5 Å². The van der Waals surface area contributed by atoms with E-state index < -0.39 is 5.82 Å². The van der Waals surface area contributed by atoms with Crippen molar-refractivity contribution in [2.75, 3.05) is 5.73 Å². The van der Waals surface area contributed by atoms with E-state index >= 15 is 0 Å². The molecule has 98 valence electrons. The predicted molar refractivity (Wildman–Crippen MR) is 78.0 cm³/mol. The average Bonchev–Trinajstić information content (AvgIpc) is 2.32. The van der Waals surface area contributed by atoms with E-state index in [4.69, 9.17) is 17.3 Å². The number of carbonyl (C=O) groups excluding carboxylic acids is 1. The normalized spacial score (nSPS) is 10.5. The lowest BCUT2D eigenvalue weighted by Crippen LogP contribution is -2.08. The van der Waals surface area contributed by atoms with Crippen molar-refractivity contribution in [1.29, 1.82) is 0 Å². The van der Waals surface area contributed by atoms with Crippen LogP contribution in [0.2, 0.25) is 5.02 Å². The monoisotopic (exact) mass is 341 g/mol. The number of rotatable bonds is 3. The molecule has 0 unspecified atom stereocenters. The van der Waals surface area contributed by atoms with Gasteiger partial charge in [0.25, 0.3) is 0 Å². The number of hydrogen-bond acceptors (Lipinski definition) is 2. The Labute approximate surface area is 123 Å². The summed E-state index contributed by atoms with van der Waals surface area (Å²) in [6, 6.07) is 9.24. The smallest absolute Gasteiger partial charge is 0.169 e. The molecule has 19 heavy (non-hydrogen) atoms. The molecule has 5 heteroatoms. The Balaban J connectivity index is 2.25. The number of hydrogen-bond donors (Lipinski definition) is 1. The second-order valence-electron chi connectivity index (χ2n) is 4.07. The highest BCUT2D eigenvalue weighted by atomic mass is 79.9. The molecular formula is C14H10BrClFNO. The summed E-state index contributed by atoms with van der Waals surface area (Å²) >= 11 is 8.93. The van der Waals surface area contributed by atoms with Crippen LogP contribution in [0.3, 0.4) is 0 Å². The maximum Gasteiger partial charge on any atom is 0.169 e. The summed E-state index contributed by atoms with van der Waals surface area (Å²) in [5.74, 6) is -0.720. The second-order valence-corrected chi connectivity index (χ2v) is 5.42. The molecule has 2 aromatic rings. The summed E-state index contributed by atoms with van der Waals surface area (Å²) < 4.78 is 14.4. The largest absolute Gasteiger partial charge is 0.398 e. The van der Waals surface area contributed by atoms with Crippen molar-refractivity contribution in [3.8, 4) is 0 Å². The Morgan fingerprint density at radius 3 is 2.63 bits per heavy atom. The molecule has 0 saturated heterocycles. The van der Waals surface area contributed by atoms with Crippen LogP contribution in [0.5, 0.6) is 0 Å². The third-order valence-corrected chi connectivity index (χ3v) is 3.41. The second kappa shape index (κ2) is 5.72. The van der Waals surface area contributed by atoms with Gasteiger partial charge in [-0.05, 0) is 35.9 Å². The average molecular weight is 343 g/mol. The number of nitrogens with two attached hydrogens (primary N) is 1. The molecule has 2 N–H and O–H groups in total. The third-order valence-electron chi connectivity index (χ3n) is 2.68. The highest BCUT2D eigenvalue weighted by Crippen LogP contribution is 2.21. The third kappa shape index (κ3) is 3.33. The Kier molecular flexibility index (Phi) is 4.22. The molecule has 2 aromatic carbocycles. The molecule has 0 heterocycles. The van der Waals surface area contributed by atoms with Gasteiger partial charge < -0.3 is 5.73 Å². The first-order valence-corrected chi connectivity index (χ1v) is 6.66. The van der Waals surface area contributed by atoms with Gasteiger partial charge in [-0.2, -0.15) is 0 Å². The van der Waals surface area contributed by atoms with E-state index in [1.807, 2.05) is 0 Å². The number of benzene rings is 2. The van der Waals surface area contributed by atoms with Gasteiger partial charge in [0, 0.05) is 27.2 Å². The molecule has 0 aliphatic heterocycles. The van der Waals surface area contributed by atoms with Gasteiger partial charge >= 0.3 is 0 Å². The van der Waals surface area contributed by atoms with Gasteiger partial charge in [0.1, 0.15) is 5.82 Å². The van der Waals surface area contributed by atoms with Crippen molar-refractivity contribution in [1.82, 2.24) is 0 Å². The van der Waals surface area contributed by atoms with Crippen LogP contribution in [0.4, 0.5) is 10.1 Å². The number of nitrogen functional groups attached to an aromatic ring is 1. The Hall–Kier alpha value is -1.39. The number of ketones is 1. The molecule has 0 amide bonds. The molecule has 0 fully saturated rings. The minimum absolute atomic E-state index is 0.0468.